The number of hydrogen-bond donors (Lipinski definition) is 0. The third-order valence-corrected chi connectivity index (χ3v) is 2.59. The zero-order valence-corrected chi connectivity index (χ0v) is 9.51. The van der Waals surface area contributed by atoms with Gasteiger partial charge in [-0.15, -0.1) is 0 Å². The zero-order valence-electron chi connectivity index (χ0n) is 9.51. The van der Waals surface area contributed by atoms with Gasteiger partial charge in [0.15, 0.2) is 0 Å². The molecule has 1 aromatic carbocycles. The Labute approximate surface area is 98.9 Å². The van der Waals surface area contributed by atoms with E-state index in [0.29, 0.717) is 13.1 Å². The van der Waals surface area contributed by atoms with Gasteiger partial charge in [-0.05, 0) is 17.7 Å². The number of ether oxygens (including phenoxy) is 2. The largest absolute Gasteiger partial charge is 0.497 e. The highest BCUT2D eigenvalue weighted by molar-refractivity contribution is 6.32. The number of morpholine rings is 1. The summed E-state index contributed by atoms with van der Waals surface area (Å²) >= 11 is 0. The van der Waals surface area contributed by atoms with Crippen molar-refractivity contribution in [3.63, 3.8) is 0 Å². The number of amides is 1. The smallest absolute Gasteiger partial charge is 0.397 e. The van der Waals surface area contributed by atoms with Crippen molar-refractivity contribution in [2.75, 3.05) is 20.3 Å². The Kier molecular flexibility index (Phi) is 3.27. The van der Waals surface area contributed by atoms with Crippen LogP contribution in [0.2, 0.25) is 0 Å². The van der Waals surface area contributed by atoms with Crippen LogP contribution in [0.25, 0.3) is 0 Å². The van der Waals surface area contributed by atoms with Crippen LogP contribution in [-0.4, -0.2) is 37.0 Å². The second-order valence-corrected chi connectivity index (χ2v) is 3.71. The van der Waals surface area contributed by atoms with Crippen LogP contribution < -0.4 is 4.74 Å². The van der Waals surface area contributed by atoms with Crippen molar-refractivity contribution in [1.82, 2.24) is 4.90 Å². The number of nitrogens with zero attached hydrogens (tertiary/aromatic N) is 1. The van der Waals surface area contributed by atoms with Crippen molar-refractivity contribution < 1.29 is 19.1 Å². The van der Waals surface area contributed by atoms with E-state index in [-0.39, 0.29) is 6.61 Å². The van der Waals surface area contributed by atoms with Crippen LogP contribution in [0.3, 0.4) is 0 Å². The van der Waals surface area contributed by atoms with Crippen LogP contribution in [0.1, 0.15) is 5.56 Å². The monoisotopic (exact) mass is 235 g/mol. The summed E-state index contributed by atoms with van der Waals surface area (Å²) < 4.78 is 9.69. The standard InChI is InChI=1S/C12H13NO4/c1-16-10-4-2-9(3-5-10)8-13-6-7-17-12(15)11(13)14/h2-5H,6-8H2,1H3. The van der Waals surface area contributed by atoms with Crippen LogP contribution in [0.5, 0.6) is 5.75 Å². The maximum Gasteiger partial charge on any atom is 0.397 e. The van der Waals surface area contributed by atoms with Gasteiger partial charge in [0.05, 0.1) is 13.7 Å². The van der Waals surface area contributed by atoms with E-state index in [0.717, 1.165) is 11.3 Å². The molecule has 0 N–H and O–H groups in total. The van der Waals surface area contributed by atoms with Crippen LogP contribution in [0, 0.1) is 0 Å². The summed E-state index contributed by atoms with van der Waals surface area (Å²) in [6.45, 7) is 1.12. The number of cyclic esters (lactones) is 1. The van der Waals surface area contributed by atoms with Gasteiger partial charge in [0, 0.05) is 6.54 Å². The van der Waals surface area contributed by atoms with E-state index in [2.05, 4.69) is 4.74 Å². The molecule has 90 valence electrons. The zero-order chi connectivity index (χ0) is 12.3. The van der Waals surface area contributed by atoms with Crippen molar-refractivity contribution in [3.05, 3.63) is 29.8 Å². The fourth-order valence-corrected chi connectivity index (χ4v) is 1.64. The van der Waals surface area contributed by atoms with Gasteiger partial charge < -0.3 is 14.4 Å². The Morgan fingerprint density at radius 3 is 2.65 bits per heavy atom. The Bertz CT molecular complexity index is 427. The minimum atomic E-state index is -0.773. The molecule has 0 saturated carbocycles. The van der Waals surface area contributed by atoms with Crippen molar-refractivity contribution in [3.8, 4) is 5.75 Å². The van der Waals surface area contributed by atoms with Gasteiger partial charge in [-0.2, -0.15) is 0 Å². The number of methoxy groups -OCH3 is 1. The first kappa shape index (κ1) is 11.4. The molecule has 1 aromatic rings. The van der Waals surface area contributed by atoms with E-state index in [9.17, 15) is 9.59 Å². The van der Waals surface area contributed by atoms with E-state index in [4.69, 9.17) is 4.74 Å². The minimum absolute atomic E-state index is 0.265. The third kappa shape index (κ3) is 2.55. The highest BCUT2D eigenvalue weighted by Gasteiger charge is 2.27. The summed E-state index contributed by atoms with van der Waals surface area (Å²) in [5.41, 5.74) is 0.953. The molecular weight excluding hydrogens is 222 g/mol. The Morgan fingerprint density at radius 1 is 1.29 bits per heavy atom. The molecule has 2 rings (SSSR count). The first-order chi connectivity index (χ1) is 8.20. The average molecular weight is 235 g/mol. The summed E-state index contributed by atoms with van der Waals surface area (Å²) in [7, 11) is 1.60. The topological polar surface area (TPSA) is 55.8 Å². The van der Waals surface area contributed by atoms with Gasteiger partial charge in [0.1, 0.15) is 12.4 Å². The molecule has 5 heteroatoms. The van der Waals surface area contributed by atoms with Gasteiger partial charge >= 0.3 is 11.9 Å². The van der Waals surface area contributed by atoms with Crippen molar-refractivity contribution >= 4 is 11.9 Å². The van der Waals surface area contributed by atoms with Crippen molar-refractivity contribution in [2.24, 2.45) is 0 Å². The van der Waals surface area contributed by atoms with E-state index >= 15 is 0 Å². The molecule has 1 saturated heterocycles. The van der Waals surface area contributed by atoms with Crippen molar-refractivity contribution in [1.29, 1.82) is 0 Å². The SMILES string of the molecule is COc1ccc(CN2CCOC(=O)C2=O)cc1. The van der Waals surface area contributed by atoms with Gasteiger partial charge in [-0.25, -0.2) is 4.79 Å². The van der Waals surface area contributed by atoms with Crippen LogP contribution >= 0.6 is 0 Å². The summed E-state index contributed by atoms with van der Waals surface area (Å²) in [5, 5.41) is 0. The van der Waals surface area contributed by atoms with Gasteiger partial charge in [0.2, 0.25) is 0 Å². The second kappa shape index (κ2) is 4.86. The number of hydrogen-bond acceptors (Lipinski definition) is 4. The molecule has 0 bridgehead atoms. The molecule has 1 aliphatic rings. The number of rotatable bonds is 3. The summed E-state index contributed by atoms with van der Waals surface area (Å²) in [6, 6.07) is 7.38. The van der Waals surface area contributed by atoms with Gasteiger partial charge in [-0.1, -0.05) is 12.1 Å². The number of benzene rings is 1. The lowest BCUT2D eigenvalue weighted by molar-refractivity contribution is -0.166. The fraction of sp³-hybridized carbons (Fsp3) is 0.333. The predicted octanol–water partition coefficient (Wildman–Crippen LogP) is 0.581. The highest BCUT2D eigenvalue weighted by Crippen LogP contribution is 2.14. The Morgan fingerprint density at radius 2 is 2.00 bits per heavy atom. The molecule has 0 aromatic heterocycles. The summed E-state index contributed by atoms with van der Waals surface area (Å²) in [4.78, 5) is 24.0. The van der Waals surface area contributed by atoms with Gasteiger partial charge in [-0.3, -0.25) is 4.79 Å². The first-order valence-corrected chi connectivity index (χ1v) is 5.29. The van der Waals surface area contributed by atoms with Crippen LogP contribution in [0.4, 0.5) is 0 Å². The molecule has 1 aliphatic heterocycles. The molecule has 1 fully saturated rings. The Hall–Kier alpha value is -2.04. The van der Waals surface area contributed by atoms with Crippen LogP contribution in [-0.2, 0) is 20.9 Å². The van der Waals surface area contributed by atoms with Crippen molar-refractivity contribution in [2.45, 2.75) is 6.54 Å². The van der Waals surface area contributed by atoms with Crippen LogP contribution in [0.15, 0.2) is 24.3 Å². The molecule has 1 heterocycles. The molecule has 5 nitrogen and oxygen atoms in total. The normalized spacial score (nSPS) is 15.7. The fourth-order valence-electron chi connectivity index (χ4n) is 1.64. The maximum atomic E-state index is 11.5. The average Bonchev–Trinajstić information content (AvgIpc) is 2.36. The first-order valence-electron chi connectivity index (χ1n) is 5.29. The molecule has 0 unspecified atom stereocenters. The molecule has 0 atom stereocenters. The summed E-state index contributed by atoms with van der Waals surface area (Å²) in [6.07, 6.45) is 0. The van der Waals surface area contributed by atoms with Gasteiger partial charge in [0.25, 0.3) is 0 Å². The Balaban J connectivity index is 2.04. The lowest BCUT2D eigenvalue weighted by atomic mass is 10.2. The van der Waals surface area contributed by atoms with E-state index < -0.39 is 11.9 Å². The predicted molar refractivity (Wildman–Crippen MR) is 59.4 cm³/mol. The van der Waals surface area contributed by atoms with E-state index in [1.54, 1.807) is 7.11 Å². The maximum absolute atomic E-state index is 11.5. The highest BCUT2D eigenvalue weighted by atomic mass is 16.5. The molecule has 0 radical (unpaired) electrons. The van der Waals surface area contributed by atoms with E-state index in [1.807, 2.05) is 24.3 Å². The van der Waals surface area contributed by atoms with E-state index in [1.165, 1.54) is 4.90 Å². The molecule has 1 amide bonds. The summed E-state index contributed by atoms with van der Waals surface area (Å²) in [5.74, 6) is -0.588. The number of carbonyl (C=O) groups is 2. The second-order valence-electron chi connectivity index (χ2n) is 3.71. The lowest BCUT2D eigenvalue weighted by Gasteiger charge is -2.25. The quantitative estimate of drug-likeness (QED) is 0.568. The molecule has 17 heavy (non-hydrogen) atoms. The number of esters is 1. The third-order valence-electron chi connectivity index (χ3n) is 2.59. The molecular formula is C12H13NO4. The molecule has 0 aliphatic carbocycles. The number of carbonyl (C=O) groups excluding carboxylic acids is 2. The molecule has 0 spiro atoms. The lowest BCUT2D eigenvalue weighted by Crippen LogP contribution is -2.44. The minimum Gasteiger partial charge on any atom is -0.497 e.